The first-order valence-electron chi connectivity index (χ1n) is 3.88. The number of ether oxygens (including phenoxy) is 1. The number of carboxylic acids is 1. The van der Waals surface area contributed by atoms with Crippen LogP contribution >= 0.6 is 0 Å². The van der Waals surface area contributed by atoms with Gasteiger partial charge in [0.15, 0.2) is 6.04 Å². The molecule has 2 atom stereocenters. The van der Waals surface area contributed by atoms with Crippen LogP contribution in [0.3, 0.4) is 0 Å². The molecule has 1 saturated carbocycles. The van der Waals surface area contributed by atoms with E-state index in [2.05, 4.69) is 5.32 Å². The van der Waals surface area contributed by atoms with Crippen LogP contribution in [0, 0.1) is 5.92 Å². The molecule has 2 unspecified atom stereocenters. The first-order chi connectivity index (χ1) is 5.68. The highest BCUT2D eigenvalue weighted by molar-refractivity contribution is 5.83. The number of cyclic esters (lactones) is 1. The zero-order valence-electron chi connectivity index (χ0n) is 6.32. The Bertz CT molecular complexity index is 236. The van der Waals surface area contributed by atoms with Crippen LogP contribution in [0.25, 0.3) is 0 Å². The summed E-state index contributed by atoms with van der Waals surface area (Å²) in [5.74, 6) is -0.761. The Hall–Kier alpha value is -1.26. The number of amides is 1. The van der Waals surface area contributed by atoms with Gasteiger partial charge in [-0.1, -0.05) is 0 Å². The number of hydrogen-bond donors (Lipinski definition) is 2. The molecule has 1 amide bonds. The van der Waals surface area contributed by atoms with Crippen molar-refractivity contribution in [2.24, 2.45) is 5.92 Å². The summed E-state index contributed by atoms with van der Waals surface area (Å²) in [6, 6.07) is -0.843. The fourth-order valence-electron chi connectivity index (χ4n) is 1.43. The SMILES string of the molecule is O=C1NC(C(=O)O)C(C2CC2)O1. The van der Waals surface area contributed by atoms with Gasteiger partial charge in [0.1, 0.15) is 6.10 Å². The third kappa shape index (κ3) is 1.11. The number of carbonyl (C=O) groups excluding carboxylic acids is 1. The molecular weight excluding hydrogens is 162 g/mol. The smallest absolute Gasteiger partial charge is 0.408 e. The van der Waals surface area contributed by atoms with Gasteiger partial charge in [0, 0.05) is 0 Å². The Morgan fingerprint density at radius 1 is 1.58 bits per heavy atom. The maximum atomic E-state index is 10.7. The van der Waals surface area contributed by atoms with Crippen LogP contribution in [0.4, 0.5) is 4.79 Å². The van der Waals surface area contributed by atoms with Crippen molar-refractivity contribution in [3.05, 3.63) is 0 Å². The topological polar surface area (TPSA) is 75.6 Å². The lowest BCUT2D eigenvalue weighted by Crippen LogP contribution is -2.40. The summed E-state index contributed by atoms with van der Waals surface area (Å²) in [6.45, 7) is 0. The zero-order chi connectivity index (χ0) is 8.72. The molecule has 0 aromatic heterocycles. The van der Waals surface area contributed by atoms with Gasteiger partial charge in [-0.3, -0.25) is 0 Å². The van der Waals surface area contributed by atoms with Crippen molar-refractivity contribution < 1.29 is 19.4 Å². The molecule has 5 nitrogen and oxygen atoms in total. The third-order valence-electron chi connectivity index (χ3n) is 2.20. The van der Waals surface area contributed by atoms with Crippen molar-refractivity contribution >= 4 is 12.1 Å². The summed E-state index contributed by atoms with van der Waals surface area (Å²) in [4.78, 5) is 21.3. The number of hydrogen-bond acceptors (Lipinski definition) is 3. The molecule has 12 heavy (non-hydrogen) atoms. The molecule has 0 radical (unpaired) electrons. The van der Waals surface area contributed by atoms with Crippen molar-refractivity contribution in [3.63, 3.8) is 0 Å². The van der Waals surface area contributed by atoms with Gasteiger partial charge in [0.05, 0.1) is 0 Å². The van der Waals surface area contributed by atoms with Crippen molar-refractivity contribution in [3.8, 4) is 0 Å². The fourth-order valence-corrected chi connectivity index (χ4v) is 1.43. The second kappa shape index (κ2) is 2.36. The standard InChI is InChI=1S/C7H9NO4/c9-6(10)4-5(3-1-2-3)12-7(11)8-4/h3-5H,1-2H2,(H,8,11)(H,9,10). The van der Waals surface area contributed by atoms with Gasteiger partial charge < -0.3 is 15.2 Å². The van der Waals surface area contributed by atoms with E-state index in [9.17, 15) is 9.59 Å². The van der Waals surface area contributed by atoms with E-state index < -0.39 is 24.2 Å². The molecule has 2 aliphatic rings. The number of carboxylic acid groups (broad SMARTS) is 1. The molecule has 1 heterocycles. The maximum Gasteiger partial charge on any atom is 0.408 e. The molecule has 1 aliphatic carbocycles. The van der Waals surface area contributed by atoms with Crippen LogP contribution in [0.1, 0.15) is 12.8 Å². The van der Waals surface area contributed by atoms with Crippen LogP contribution in [0.5, 0.6) is 0 Å². The van der Waals surface area contributed by atoms with Crippen LogP contribution < -0.4 is 5.32 Å². The lowest BCUT2D eigenvalue weighted by Gasteiger charge is -2.10. The predicted octanol–water partition coefficient (Wildman–Crippen LogP) is -0.0420. The Morgan fingerprint density at radius 2 is 2.25 bits per heavy atom. The quantitative estimate of drug-likeness (QED) is 0.611. The lowest BCUT2D eigenvalue weighted by molar-refractivity contribution is -0.140. The summed E-state index contributed by atoms with van der Waals surface area (Å²) >= 11 is 0. The van der Waals surface area contributed by atoms with Gasteiger partial charge >= 0.3 is 12.1 Å². The molecule has 2 rings (SSSR count). The molecular formula is C7H9NO4. The number of carbonyl (C=O) groups is 2. The van der Waals surface area contributed by atoms with Crippen LogP contribution in [0.15, 0.2) is 0 Å². The molecule has 2 N–H and O–H groups in total. The van der Waals surface area contributed by atoms with Crippen LogP contribution in [-0.2, 0) is 9.53 Å². The second-order valence-corrected chi connectivity index (χ2v) is 3.17. The third-order valence-corrected chi connectivity index (χ3v) is 2.20. The maximum absolute atomic E-state index is 10.7. The number of aliphatic carboxylic acids is 1. The normalized spacial score (nSPS) is 34.2. The van der Waals surface area contributed by atoms with Gasteiger partial charge in [-0.05, 0) is 18.8 Å². The molecule has 0 aromatic rings. The molecule has 5 heteroatoms. The largest absolute Gasteiger partial charge is 0.480 e. The summed E-state index contributed by atoms with van der Waals surface area (Å²) in [5, 5.41) is 10.9. The second-order valence-electron chi connectivity index (χ2n) is 3.17. The van der Waals surface area contributed by atoms with Gasteiger partial charge in [0.2, 0.25) is 0 Å². The van der Waals surface area contributed by atoms with Gasteiger partial charge in [-0.2, -0.15) is 0 Å². The van der Waals surface area contributed by atoms with E-state index >= 15 is 0 Å². The summed E-state index contributed by atoms with van der Waals surface area (Å²) in [7, 11) is 0. The van der Waals surface area contributed by atoms with Gasteiger partial charge in [0.25, 0.3) is 0 Å². The van der Waals surface area contributed by atoms with Gasteiger partial charge in [-0.15, -0.1) is 0 Å². The van der Waals surface area contributed by atoms with E-state index in [0.717, 1.165) is 12.8 Å². The van der Waals surface area contributed by atoms with E-state index in [-0.39, 0.29) is 5.92 Å². The average Bonchev–Trinajstić information content (AvgIpc) is 2.75. The Balaban J connectivity index is 2.09. The van der Waals surface area contributed by atoms with Crippen LogP contribution in [-0.4, -0.2) is 29.3 Å². The lowest BCUT2D eigenvalue weighted by atomic mass is 10.1. The predicted molar refractivity (Wildman–Crippen MR) is 37.6 cm³/mol. The summed E-state index contributed by atoms with van der Waals surface area (Å²) in [5.41, 5.74) is 0. The number of rotatable bonds is 2. The Labute approximate surface area is 68.7 Å². The Morgan fingerprint density at radius 3 is 2.75 bits per heavy atom. The highest BCUT2D eigenvalue weighted by Crippen LogP contribution is 2.37. The highest BCUT2D eigenvalue weighted by atomic mass is 16.6. The minimum atomic E-state index is -1.02. The summed E-state index contributed by atoms with van der Waals surface area (Å²) < 4.78 is 4.83. The first-order valence-corrected chi connectivity index (χ1v) is 3.88. The van der Waals surface area contributed by atoms with E-state index in [0.29, 0.717) is 0 Å². The van der Waals surface area contributed by atoms with E-state index in [1.165, 1.54) is 0 Å². The molecule has 0 aromatic carbocycles. The average molecular weight is 171 g/mol. The van der Waals surface area contributed by atoms with Crippen molar-refractivity contribution in [1.82, 2.24) is 5.32 Å². The molecule has 2 fully saturated rings. The van der Waals surface area contributed by atoms with Crippen molar-refractivity contribution in [2.45, 2.75) is 25.0 Å². The van der Waals surface area contributed by atoms with Crippen LogP contribution in [0.2, 0.25) is 0 Å². The van der Waals surface area contributed by atoms with Gasteiger partial charge in [-0.25, -0.2) is 9.59 Å². The molecule has 66 valence electrons. The number of nitrogens with one attached hydrogen (secondary N) is 1. The number of alkyl carbamates (subject to hydrolysis) is 1. The fraction of sp³-hybridized carbons (Fsp3) is 0.714. The molecule has 0 bridgehead atoms. The highest BCUT2D eigenvalue weighted by Gasteiger charge is 2.47. The van der Waals surface area contributed by atoms with E-state index in [4.69, 9.17) is 9.84 Å². The molecule has 1 saturated heterocycles. The Kier molecular flexibility index (Phi) is 1.46. The first kappa shape index (κ1) is 7.39. The van der Waals surface area contributed by atoms with Crippen molar-refractivity contribution in [1.29, 1.82) is 0 Å². The minimum Gasteiger partial charge on any atom is -0.480 e. The minimum absolute atomic E-state index is 0.255. The van der Waals surface area contributed by atoms with Crippen molar-refractivity contribution in [2.75, 3.05) is 0 Å². The zero-order valence-corrected chi connectivity index (χ0v) is 6.32. The monoisotopic (exact) mass is 171 g/mol. The summed E-state index contributed by atoms with van der Waals surface area (Å²) in [6.07, 6.45) is 0.863. The van der Waals surface area contributed by atoms with E-state index in [1.807, 2.05) is 0 Å². The van der Waals surface area contributed by atoms with E-state index in [1.54, 1.807) is 0 Å². The molecule has 1 aliphatic heterocycles. The molecule has 0 spiro atoms.